The molecule has 2 aliphatic carbocycles. The van der Waals surface area contributed by atoms with Gasteiger partial charge in [-0.3, -0.25) is 4.79 Å². The average Bonchev–Trinajstić information content (AvgIpc) is 3.20. The number of benzene rings is 1. The van der Waals surface area contributed by atoms with E-state index in [4.69, 9.17) is 0 Å². The predicted octanol–water partition coefficient (Wildman–Crippen LogP) is 2.92. The van der Waals surface area contributed by atoms with Crippen molar-refractivity contribution >= 4 is 11.6 Å². The van der Waals surface area contributed by atoms with Crippen molar-refractivity contribution in [3.05, 3.63) is 29.8 Å². The van der Waals surface area contributed by atoms with Crippen molar-refractivity contribution < 1.29 is 4.79 Å². The van der Waals surface area contributed by atoms with E-state index in [9.17, 15) is 4.79 Å². The normalized spacial score (nSPS) is 32.8. The van der Waals surface area contributed by atoms with Gasteiger partial charge < -0.3 is 10.2 Å². The van der Waals surface area contributed by atoms with Gasteiger partial charge in [0.25, 0.3) is 0 Å². The minimum absolute atomic E-state index is 0.0639. The molecule has 21 heavy (non-hydrogen) atoms. The summed E-state index contributed by atoms with van der Waals surface area (Å²) in [6, 6.07) is 8.19. The molecule has 3 heteroatoms. The second kappa shape index (κ2) is 5.04. The standard InChI is InChI=1S/C18H24N2O/c1-20(11-15-9-12-6-7-13(15)8-12)18(21)17-10-14-4-2-3-5-16(14)19-17/h2-5,12-13,15,17,19H,6-11H2,1H3. The first kappa shape index (κ1) is 13.2. The Bertz CT molecular complexity index is 531. The maximum absolute atomic E-state index is 12.7. The molecule has 1 heterocycles. The van der Waals surface area contributed by atoms with E-state index >= 15 is 0 Å². The van der Waals surface area contributed by atoms with Crippen LogP contribution in [0, 0.1) is 17.8 Å². The van der Waals surface area contributed by atoms with Crippen LogP contribution in [0.15, 0.2) is 24.3 Å². The van der Waals surface area contributed by atoms with Crippen molar-refractivity contribution in [2.24, 2.45) is 17.8 Å². The number of rotatable bonds is 3. The van der Waals surface area contributed by atoms with Crippen molar-refractivity contribution in [3.63, 3.8) is 0 Å². The number of carbonyl (C=O) groups is 1. The monoisotopic (exact) mass is 284 g/mol. The largest absolute Gasteiger partial charge is 0.373 e. The zero-order valence-corrected chi connectivity index (χ0v) is 12.7. The number of nitrogens with one attached hydrogen (secondary N) is 1. The first-order valence-electron chi connectivity index (χ1n) is 8.30. The Kier molecular flexibility index (Phi) is 3.16. The third-order valence-electron chi connectivity index (χ3n) is 5.84. The molecule has 4 atom stereocenters. The summed E-state index contributed by atoms with van der Waals surface area (Å²) >= 11 is 0. The molecule has 1 amide bonds. The summed E-state index contributed by atoms with van der Waals surface area (Å²) in [6.45, 7) is 0.953. The van der Waals surface area contributed by atoms with Gasteiger partial charge in [-0.2, -0.15) is 0 Å². The number of amides is 1. The van der Waals surface area contributed by atoms with Crippen LogP contribution in [0.5, 0.6) is 0 Å². The van der Waals surface area contributed by atoms with Gasteiger partial charge >= 0.3 is 0 Å². The van der Waals surface area contributed by atoms with Crippen LogP contribution in [-0.4, -0.2) is 30.4 Å². The lowest BCUT2D eigenvalue weighted by molar-refractivity contribution is -0.131. The summed E-state index contributed by atoms with van der Waals surface area (Å²) in [4.78, 5) is 14.7. The second-order valence-corrected chi connectivity index (χ2v) is 7.21. The molecule has 2 saturated carbocycles. The van der Waals surface area contributed by atoms with Gasteiger partial charge in [0.1, 0.15) is 6.04 Å². The number of para-hydroxylation sites is 1. The van der Waals surface area contributed by atoms with E-state index in [1.807, 2.05) is 24.1 Å². The Morgan fingerprint density at radius 3 is 2.86 bits per heavy atom. The summed E-state index contributed by atoms with van der Waals surface area (Å²) in [5, 5.41) is 3.38. The molecule has 112 valence electrons. The quantitative estimate of drug-likeness (QED) is 0.925. The van der Waals surface area contributed by atoms with E-state index in [1.165, 1.54) is 31.2 Å². The van der Waals surface area contributed by atoms with E-state index in [-0.39, 0.29) is 11.9 Å². The topological polar surface area (TPSA) is 32.3 Å². The third-order valence-corrected chi connectivity index (χ3v) is 5.84. The highest BCUT2D eigenvalue weighted by Gasteiger charge is 2.40. The van der Waals surface area contributed by atoms with Gasteiger partial charge in [-0.05, 0) is 48.6 Å². The van der Waals surface area contributed by atoms with Crippen LogP contribution in [0.2, 0.25) is 0 Å². The molecule has 1 aliphatic heterocycles. The molecular weight excluding hydrogens is 260 g/mol. The van der Waals surface area contributed by atoms with Crippen LogP contribution in [0.1, 0.15) is 31.2 Å². The fraction of sp³-hybridized carbons (Fsp3) is 0.611. The minimum Gasteiger partial charge on any atom is -0.373 e. The van der Waals surface area contributed by atoms with Crippen molar-refractivity contribution in [1.29, 1.82) is 0 Å². The van der Waals surface area contributed by atoms with E-state index < -0.39 is 0 Å². The van der Waals surface area contributed by atoms with Crippen LogP contribution < -0.4 is 5.32 Å². The highest BCUT2D eigenvalue weighted by atomic mass is 16.2. The summed E-state index contributed by atoms with van der Waals surface area (Å²) in [7, 11) is 1.99. The maximum atomic E-state index is 12.7. The highest BCUT2D eigenvalue weighted by molar-refractivity contribution is 5.87. The first-order valence-corrected chi connectivity index (χ1v) is 8.30. The van der Waals surface area contributed by atoms with Crippen LogP contribution in [0.4, 0.5) is 5.69 Å². The van der Waals surface area contributed by atoms with Crippen LogP contribution in [0.3, 0.4) is 0 Å². The SMILES string of the molecule is CN(CC1CC2CCC1C2)C(=O)C1Cc2ccccc2N1. The molecular formula is C18H24N2O. The molecule has 0 radical (unpaired) electrons. The summed E-state index contributed by atoms with van der Waals surface area (Å²) in [6.07, 6.45) is 6.42. The number of fused-ring (bicyclic) bond motifs is 3. The summed E-state index contributed by atoms with van der Waals surface area (Å²) in [5.41, 5.74) is 2.40. The average molecular weight is 284 g/mol. The van der Waals surface area contributed by atoms with Gasteiger partial charge in [-0.1, -0.05) is 24.6 Å². The molecule has 4 unspecified atom stereocenters. The molecule has 0 aromatic heterocycles. The Morgan fingerprint density at radius 1 is 1.29 bits per heavy atom. The predicted molar refractivity (Wildman–Crippen MR) is 84.1 cm³/mol. The molecule has 0 spiro atoms. The van der Waals surface area contributed by atoms with Crippen molar-refractivity contribution in [2.45, 2.75) is 38.1 Å². The van der Waals surface area contributed by atoms with Gasteiger partial charge in [0, 0.05) is 25.7 Å². The van der Waals surface area contributed by atoms with Gasteiger partial charge in [-0.15, -0.1) is 0 Å². The zero-order chi connectivity index (χ0) is 14.4. The highest BCUT2D eigenvalue weighted by Crippen LogP contribution is 2.48. The fourth-order valence-corrected chi connectivity index (χ4v) is 4.75. The zero-order valence-electron chi connectivity index (χ0n) is 12.7. The lowest BCUT2D eigenvalue weighted by Crippen LogP contribution is -2.42. The number of anilines is 1. The van der Waals surface area contributed by atoms with Crippen LogP contribution in [0.25, 0.3) is 0 Å². The third kappa shape index (κ3) is 2.33. The molecule has 3 aliphatic rings. The lowest BCUT2D eigenvalue weighted by atomic mass is 9.88. The number of likely N-dealkylation sites (N-methyl/N-ethyl adjacent to an activating group) is 1. The lowest BCUT2D eigenvalue weighted by Gasteiger charge is -2.29. The maximum Gasteiger partial charge on any atom is 0.245 e. The molecule has 0 saturated heterocycles. The molecule has 2 bridgehead atoms. The van der Waals surface area contributed by atoms with Crippen molar-refractivity contribution in [2.75, 3.05) is 18.9 Å². The number of hydrogen-bond donors (Lipinski definition) is 1. The molecule has 4 rings (SSSR count). The Labute approximate surface area is 126 Å². The fourth-order valence-electron chi connectivity index (χ4n) is 4.75. The Balaban J connectivity index is 1.37. The second-order valence-electron chi connectivity index (χ2n) is 7.21. The molecule has 3 nitrogen and oxygen atoms in total. The van der Waals surface area contributed by atoms with Crippen molar-refractivity contribution in [3.8, 4) is 0 Å². The van der Waals surface area contributed by atoms with E-state index in [0.717, 1.165) is 36.4 Å². The Hall–Kier alpha value is -1.51. The first-order chi connectivity index (χ1) is 10.2. The van der Waals surface area contributed by atoms with Gasteiger partial charge in [0.2, 0.25) is 5.91 Å². The number of nitrogens with zero attached hydrogens (tertiary/aromatic N) is 1. The van der Waals surface area contributed by atoms with Crippen LogP contribution >= 0.6 is 0 Å². The molecule has 1 N–H and O–H groups in total. The number of hydrogen-bond acceptors (Lipinski definition) is 2. The van der Waals surface area contributed by atoms with Gasteiger partial charge in [-0.25, -0.2) is 0 Å². The minimum atomic E-state index is -0.0639. The molecule has 2 fully saturated rings. The summed E-state index contributed by atoms with van der Waals surface area (Å²) in [5.74, 6) is 2.85. The van der Waals surface area contributed by atoms with E-state index in [1.54, 1.807) is 0 Å². The van der Waals surface area contributed by atoms with E-state index in [0.29, 0.717) is 0 Å². The summed E-state index contributed by atoms with van der Waals surface area (Å²) < 4.78 is 0. The Morgan fingerprint density at radius 2 is 2.14 bits per heavy atom. The number of carbonyl (C=O) groups excluding carboxylic acids is 1. The van der Waals surface area contributed by atoms with Gasteiger partial charge in [0.05, 0.1) is 0 Å². The molecule has 1 aromatic rings. The van der Waals surface area contributed by atoms with Gasteiger partial charge in [0.15, 0.2) is 0 Å². The smallest absolute Gasteiger partial charge is 0.245 e. The van der Waals surface area contributed by atoms with E-state index in [2.05, 4.69) is 17.4 Å². The van der Waals surface area contributed by atoms with Crippen LogP contribution in [-0.2, 0) is 11.2 Å². The molecule has 1 aromatic carbocycles. The van der Waals surface area contributed by atoms with Crippen molar-refractivity contribution in [1.82, 2.24) is 4.90 Å².